The van der Waals surface area contributed by atoms with Crippen molar-refractivity contribution in [3.63, 3.8) is 0 Å². The number of nitrogens with two attached hydrogens (primary N) is 1. The predicted octanol–water partition coefficient (Wildman–Crippen LogP) is 1.02. The number of para-hydroxylation sites is 1. The van der Waals surface area contributed by atoms with Gasteiger partial charge < -0.3 is 15.4 Å². The van der Waals surface area contributed by atoms with E-state index in [-0.39, 0.29) is 12.5 Å². The molecule has 0 fully saturated rings. The molecule has 0 bridgehead atoms. The van der Waals surface area contributed by atoms with Gasteiger partial charge in [-0.2, -0.15) is 0 Å². The maximum atomic E-state index is 11.5. The molecule has 1 amide bonds. The Balaban J connectivity index is 2.28. The van der Waals surface area contributed by atoms with E-state index in [1.165, 1.54) is 0 Å². The van der Waals surface area contributed by atoms with Crippen molar-refractivity contribution in [3.8, 4) is 5.75 Å². The van der Waals surface area contributed by atoms with Gasteiger partial charge in [-0.3, -0.25) is 4.79 Å². The van der Waals surface area contributed by atoms with Crippen LogP contribution in [0.5, 0.6) is 5.75 Å². The van der Waals surface area contributed by atoms with Crippen LogP contribution >= 0.6 is 11.6 Å². The fourth-order valence-electron chi connectivity index (χ4n) is 1.72. The number of fused-ring (bicyclic) bond motifs is 1. The molecule has 1 heterocycles. The van der Waals surface area contributed by atoms with Gasteiger partial charge >= 0.3 is 0 Å². The molecule has 2 rings (SSSR count). The highest BCUT2D eigenvalue weighted by atomic mass is 35.5. The lowest BCUT2D eigenvalue weighted by atomic mass is 10.2. The summed E-state index contributed by atoms with van der Waals surface area (Å²) in [4.78, 5) is 13.2. The molecule has 1 aromatic carbocycles. The minimum absolute atomic E-state index is 0.0237. The molecule has 0 aromatic heterocycles. The summed E-state index contributed by atoms with van der Waals surface area (Å²) in [6.07, 6.45) is 0. The van der Waals surface area contributed by atoms with Gasteiger partial charge in [-0.1, -0.05) is 23.7 Å². The molecule has 1 aliphatic rings. The SMILES string of the molecule is NCC(=O)N1CCOc2c(Cl)cccc2C1. The summed E-state index contributed by atoms with van der Waals surface area (Å²) in [5.74, 6) is 0.605. The highest BCUT2D eigenvalue weighted by Crippen LogP contribution is 2.31. The third-order valence-electron chi connectivity index (χ3n) is 2.54. The van der Waals surface area contributed by atoms with Crippen LogP contribution < -0.4 is 10.5 Å². The fraction of sp³-hybridized carbons (Fsp3) is 0.364. The van der Waals surface area contributed by atoms with Crippen molar-refractivity contribution >= 4 is 17.5 Å². The minimum atomic E-state index is -0.0728. The molecule has 0 aliphatic carbocycles. The van der Waals surface area contributed by atoms with Gasteiger partial charge in [-0.25, -0.2) is 0 Å². The molecule has 0 atom stereocenters. The zero-order valence-electron chi connectivity index (χ0n) is 8.78. The molecule has 0 radical (unpaired) electrons. The van der Waals surface area contributed by atoms with E-state index < -0.39 is 0 Å². The Kier molecular flexibility index (Phi) is 3.31. The highest BCUT2D eigenvalue weighted by molar-refractivity contribution is 6.32. The van der Waals surface area contributed by atoms with Crippen molar-refractivity contribution in [1.29, 1.82) is 0 Å². The topological polar surface area (TPSA) is 55.6 Å². The van der Waals surface area contributed by atoms with E-state index in [2.05, 4.69) is 0 Å². The molecule has 0 spiro atoms. The Bertz CT molecular complexity index is 409. The van der Waals surface area contributed by atoms with Crippen molar-refractivity contribution in [2.45, 2.75) is 6.54 Å². The monoisotopic (exact) mass is 240 g/mol. The van der Waals surface area contributed by atoms with Gasteiger partial charge in [0.15, 0.2) is 0 Å². The summed E-state index contributed by atoms with van der Waals surface area (Å²) in [6, 6.07) is 5.53. The van der Waals surface area contributed by atoms with Gasteiger partial charge in [-0.15, -0.1) is 0 Å². The summed E-state index contributed by atoms with van der Waals surface area (Å²) in [5.41, 5.74) is 6.27. The second-order valence-electron chi connectivity index (χ2n) is 3.60. The summed E-state index contributed by atoms with van der Waals surface area (Å²) >= 11 is 6.02. The van der Waals surface area contributed by atoms with Crippen molar-refractivity contribution < 1.29 is 9.53 Å². The van der Waals surface area contributed by atoms with Crippen LogP contribution in [-0.4, -0.2) is 30.5 Å². The van der Waals surface area contributed by atoms with Gasteiger partial charge in [0.1, 0.15) is 12.4 Å². The number of halogens is 1. The van der Waals surface area contributed by atoms with E-state index in [9.17, 15) is 4.79 Å². The van der Waals surface area contributed by atoms with E-state index in [0.29, 0.717) is 30.5 Å². The molecule has 1 aliphatic heterocycles. The molecule has 4 nitrogen and oxygen atoms in total. The first-order valence-corrected chi connectivity index (χ1v) is 5.48. The van der Waals surface area contributed by atoms with Gasteiger partial charge in [0.25, 0.3) is 0 Å². The maximum Gasteiger partial charge on any atom is 0.236 e. The van der Waals surface area contributed by atoms with Crippen LogP contribution in [0.15, 0.2) is 18.2 Å². The van der Waals surface area contributed by atoms with E-state index in [1.54, 1.807) is 11.0 Å². The molecule has 1 aromatic rings. The lowest BCUT2D eigenvalue weighted by molar-refractivity contribution is -0.130. The lowest BCUT2D eigenvalue weighted by Crippen LogP contribution is -2.36. The maximum absolute atomic E-state index is 11.5. The standard InChI is InChI=1S/C11H13ClN2O2/c12-9-3-1-2-8-7-14(10(15)6-13)4-5-16-11(8)9/h1-3H,4-7,13H2. The average Bonchev–Trinajstić information content (AvgIpc) is 2.51. The second kappa shape index (κ2) is 4.72. The van der Waals surface area contributed by atoms with Crippen LogP contribution in [-0.2, 0) is 11.3 Å². The summed E-state index contributed by atoms with van der Waals surface area (Å²) < 4.78 is 5.54. The van der Waals surface area contributed by atoms with Gasteiger partial charge in [0.05, 0.1) is 18.1 Å². The van der Waals surface area contributed by atoms with Crippen LogP contribution in [0.25, 0.3) is 0 Å². The minimum Gasteiger partial charge on any atom is -0.490 e. The Morgan fingerprint density at radius 2 is 2.38 bits per heavy atom. The molecule has 86 valence electrons. The van der Waals surface area contributed by atoms with Gasteiger partial charge in [-0.05, 0) is 6.07 Å². The quantitative estimate of drug-likeness (QED) is 0.798. The van der Waals surface area contributed by atoms with Gasteiger partial charge in [0, 0.05) is 12.1 Å². The third kappa shape index (κ3) is 2.13. The van der Waals surface area contributed by atoms with E-state index in [4.69, 9.17) is 22.1 Å². The number of ether oxygens (including phenoxy) is 1. The van der Waals surface area contributed by atoms with Crippen LogP contribution in [0.4, 0.5) is 0 Å². The molecule has 0 saturated heterocycles. The van der Waals surface area contributed by atoms with Crippen molar-refractivity contribution in [3.05, 3.63) is 28.8 Å². The number of hydrogen-bond acceptors (Lipinski definition) is 3. The predicted molar refractivity (Wildman–Crippen MR) is 61.4 cm³/mol. The summed E-state index contributed by atoms with van der Waals surface area (Å²) in [5, 5.41) is 0.583. The average molecular weight is 241 g/mol. The molecule has 2 N–H and O–H groups in total. The Hall–Kier alpha value is -1.26. The smallest absolute Gasteiger partial charge is 0.236 e. The van der Waals surface area contributed by atoms with Crippen LogP contribution in [0.3, 0.4) is 0 Å². The Morgan fingerprint density at radius 1 is 1.56 bits per heavy atom. The lowest BCUT2D eigenvalue weighted by Gasteiger charge is -2.18. The second-order valence-corrected chi connectivity index (χ2v) is 4.00. The molecule has 0 unspecified atom stereocenters. The summed E-state index contributed by atoms with van der Waals surface area (Å²) in [7, 11) is 0. The number of amides is 1. The van der Waals surface area contributed by atoms with Crippen LogP contribution in [0.2, 0.25) is 5.02 Å². The summed E-state index contributed by atoms with van der Waals surface area (Å²) in [6.45, 7) is 1.52. The number of nitrogens with zero attached hydrogens (tertiary/aromatic N) is 1. The molecule has 16 heavy (non-hydrogen) atoms. The van der Waals surface area contributed by atoms with Crippen LogP contribution in [0, 0.1) is 0 Å². The highest BCUT2D eigenvalue weighted by Gasteiger charge is 2.19. The normalized spacial score (nSPS) is 15.0. The molecular formula is C11H13ClN2O2. The van der Waals surface area contributed by atoms with E-state index >= 15 is 0 Å². The Morgan fingerprint density at radius 3 is 3.12 bits per heavy atom. The largest absolute Gasteiger partial charge is 0.490 e. The number of carbonyl (C=O) groups is 1. The van der Waals surface area contributed by atoms with E-state index in [0.717, 1.165) is 5.56 Å². The third-order valence-corrected chi connectivity index (χ3v) is 2.84. The van der Waals surface area contributed by atoms with E-state index in [1.807, 2.05) is 12.1 Å². The molecule has 5 heteroatoms. The van der Waals surface area contributed by atoms with Crippen molar-refractivity contribution in [2.24, 2.45) is 5.73 Å². The first kappa shape index (κ1) is 11.2. The number of benzene rings is 1. The van der Waals surface area contributed by atoms with Gasteiger partial charge in [0.2, 0.25) is 5.91 Å². The van der Waals surface area contributed by atoms with Crippen molar-refractivity contribution in [2.75, 3.05) is 19.7 Å². The number of hydrogen-bond donors (Lipinski definition) is 1. The van der Waals surface area contributed by atoms with Crippen LogP contribution in [0.1, 0.15) is 5.56 Å². The first-order valence-electron chi connectivity index (χ1n) is 5.10. The molecular weight excluding hydrogens is 228 g/mol. The zero-order chi connectivity index (χ0) is 11.5. The fourth-order valence-corrected chi connectivity index (χ4v) is 1.97. The molecule has 0 saturated carbocycles. The first-order chi connectivity index (χ1) is 7.72. The van der Waals surface area contributed by atoms with Crippen molar-refractivity contribution in [1.82, 2.24) is 4.90 Å². The number of carbonyl (C=O) groups excluding carboxylic acids is 1. The Labute approximate surface area is 98.9 Å². The zero-order valence-corrected chi connectivity index (χ0v) is 9.54. The number of rotatable bonds is 1.